The number of benzene rings is 2. The number of hydrogen-bond acceptors (Lipinski definition) is 4. The van der Waals surface area contributed by atoms with Crippen LogP contribution >= 0.6 is 0 Å². The Balaban J connectivity index is 1.11. The van der Waals surface area contributed by atoms with Crippen LogP contribution in [0.3, 0.4) is 0 Å². The van der Waals surface area contributed by atoms with Crippen LogP contribution < -0.4 is 10.1 Å². The highest BCUT2D eigenvalue weighted by molar-refractivity contribution is 5.79. The molecule has 2 aromatic carbocycles. The highest BCUT2D eigenvalue weighted by atomic mass is 19.4. The first-order valence-electron chi connectivity index (χ1n) is 13.9. The Morgan fingerprint density at radius 3 is 2.38 bits per heavy atom. The van der Waals surface area contributed by atoms with Crippen LogP contribution in [0.4, 0.5) is 13.2 Å². The van der Waals surface area contributed by atoms with E-state index in [1.54, 1.807) is 12.1 Å². The Morgan fingerprint density at radius 1 is 1.05 bits per heavy atom. The molecule has 1 atom stereocenters. The maximum absolute atomic E-state index is 12.8. The van der Waals surface area contributed by atoms with E-state index in [9.17, 15) is 22.8 Å². The van der Waals surface area contributed by atoms with Gasteiger partial charge in [-0.05, 0) is 79.8 Å². The van der Waals surface area contributed by atoms with Crippen molar-refractivity contribution in [1.82, 2.24) is 15.1 Å². The number of nitrogens with zero attached hydrogens (tertiary/aromatic N) is 2. The van der Waals surface area contributed by atoms with E-state index in [1.807, 2.05) is 23.1 Å². The second kappa shape index (κ2) is 11.6. The molecule has 2 aliphatic heterocycles. The monoisotopic (exact) mass is 543 g/mol. The predicted molar refractivity (Wildman–Crippen MR) is 141 cm³/mol. The van der Waals surface area contributed by atoms with Crippen LogP contribution in [0.1, 0.15) is 62.1 Å². The summed E-state index contributed by atoms with van der Waals surface area (Å²) >= 11 is 0. The van der Waals surface area contributed by atoms with Gasteiger partial charge in [0.1, 0.15) is 5.75 Å². The lowest BCUT2D eigenvalue weighted by Crippen LogP contribution is -2.42. The van der Waals surface area contributed by atoms with Gasteiger partial charge in [-0.2, -0.15) is 0 Å². The summed E-state index contributed by atoms with van der Waals surface area (Å²) in [4.78, 5) is 29.7. The van der Waals surface area contributed by atoms with Gasteiger partial charge in [-0.1, -0.05) is 42.5 Å². The number of carbonyl (C=O) groups excluding carboxylic acids is 2. The van der Waals surface area contributed by atoms with E-state index >= 15 is 0 Å². The third-order valence-corrected chi connectivity index (χ3v) is 8.29. The van der Waals surface area contributed by atoms with Gasteiger partial charge in [0.05, 0.1) is 6.04 Å². The number of ether oxygens (including phenoxy) is 1. The summed E-state index contributed by atoms with van der Waals surface area (Å²) in [5.74, 6) is 0.522. The van der Waals surface area contributed by atoms with Crippen molar-refractivity contribution in [2.45, 2.75) is 63.9 Å². The summed E-state index contributed by atoms with van der Waals surface area (Å²) in [6.45, 7) is 3.74. The molecule has 6 nitrogen and oxygen atoms in total. The lowest BCUT2D eigenvalue weighted by molar-refractivity contribution is -0.274. The number of piperidine rings is 1. The molecule has 1 spiro atoms. The van der Waals surface area contributed by atoms with E-state index in [-0.39, 0.29) is 29.0 Å². The van der Waals surface area contributed by atoms with Crippen molar-refractivity contribution in [1.29, 1.82) is 0 Å². The van der Waals surface area contributed by atoms with Gasteiger partial charge >= 0.3 is 6.36 Å². The zero-order valence-corrected chi connectivity index (χ0v) is 22.1. The molecule has 9 heteroatoms. The maximum Gasteiger partial charge on any atom is 0.573 e. The van der Waals surface area contributed by atoms with Crippen LogP contribution in [0, 0.1) is 11.3 Å². The molecule has 1 aliphatic carbocycles. The SMILES string of the molecule is O=C(CC1CC1)NC(CCN1CCC2(CC1)CC(=O)N(Cc1ccc(OC(F)(F)F)cc1)C2)c1ccccc1. The fourth-order valence-electron chi connectivity index (χ4n) is 5.89. The molecular weight excluding hydrogens is 507 g/mol. The van der Waals surface area contributed by atoms with E-state index in [1.165, 1.54) is 12.1 Å². The van der Waals surface area contributed by atoms with Crippen molar-refractivity contribution < 1.29 is 27.5 Å². The minimum Gasteiger partial charge on any atom is -0.406 e. The third-order valence-electron chi connectivity index (χ3n) is 8.29. The van der Waals surface area contributed by atoms with Gasteiger partial charge in [-0.25, -0.2) is 0 Å². The van der Waals surface area contributed by atoms with Crippen molar-refractivity contribution in [2.75, 3.05) is 26.2 Å². The maximum atomic E-state index is 12.8. The van der Waals surface area contributed by atoms with Crippen LogP contribution in [0.5, 0.6) is 5.75 Å². The normalized spacial score (nSPS) is 20.3. The van der Waals surface area contributed by atoms with Crippen molar-refractivity contribution >= 4 is 11.8 Å². The minimum atomic E-state index is -4.72. The fourth-order valence-corrected chi connectivity index (χ4v) is 5.89. The van der Waals surface area contributed by atoms with Crippen LogP contribution in [0.15, 0.2) is 54.6 Å². The van der Waals surface area contributed by atoms with Gasteiger partial charge in [-0.15, -0.1) is 13.2 Å². The molecule has 2 aromatic rings. The van der Waals surface area contributed by atoms with Gasteiger partial charge in [0.15, 0.2) is 0 Å². The summed E-state index contributed by atoms with van der Waals surface area (Å²) in [6.07, 6.45) is 1.41. The Morgan fingerprint density at radius 2 is 1.74 bits per heavy atom. The average molecular weight is 544 g/mol. The Kier molecular flexibility index (Phi) is 8.16. The van der Waals surface area contributed by atoms with Crippen molar-refractivity contribution in [3.05, 3.63) is 65.7 Å². The molecule has 0 radical (unpaired) electrons. The number of alkyl halides is 3. The van der Waals surface area contributed by atoms with E-state index < -0.39 is 6.36 Å². The van der Waals surface area contributed by atoms with E-state index in [2.05, 4.69) is 27.1 Å². The Bertz CT molecular complexity index is 1130. The molecule has 5 rings (SSSR count). The van der Waals surface area contributed by atoms with Crippen molar-refractivity contribution in [3.63, 3.8) is 0 Å². The van der Waals surface area contributed by atoms with Gasteiger partial charge < -0.3 is 19.9 Å². The summed E-state index contributed by atoms with van der Waals surface area (Å²) in [6, 6.07) is 15.9. The zero-order valence-electron chi connectivity index (χ0n) is 22.1. The van der Waals surface area contributed by atoms with Crippen LogP contribution in [-0.2, 0) is 16.1 Å². The summed E-state index contributed by atoms with van der Waals surface area (Å²) in [7, 11) is 0. The van der Waals surface area contributed by atoms with E-state index in [0.717, 1.165) is 62.9 Å². The molecular formula is C30H36F3N3O3. The van der Waals surface area contributed by atoms with Gasteiger partial charge in [0, 0.05) is 32.5 Å². The predicted octanol–water partition coefficient (Wildman–Crippen LogP) is 5.45. The number of amides is 2. The summed E-state index contributed by atoms with van der Waals surface area (Å²) in [5.41, 5.74) is 1.86. The minimum absolute atomic E-state index is 0.00944. The van der Waals surface area contributed by atoms with E-state index in [4.69, 9.17) is 0 Å². The molecule has 39 heavy (non-hydrogen) atoms. The molecule has 3 aliphatic rings. The number of halogens is 3. The second-order valence-corrected chi connectivity index (χ2v) is 11.4. The van der Waals surface area contributed by atoms with Gasteiger partial charge in [0.2, 0.25) is 11.8 Å². The average Bonchev–Trinajstić information content (AvgIpc) is 3.66. The standard InChI is InChI=1S/C30H36F3N3O3/c31-30(32,33)39-25-10-8-23(9-11-25)20-36-21-29(19-28(36)38)13-16-35(17-14-29)15-12-26(24-4-2-1-3-5-24)34-27(37)18-22-6-7-22/h1-5,8-11,22,26H,6-7,12-21H2,(H,34,37). The summed E-state index contributed by atoms with van der Waals surface area (Å²) < 4.78 is 41.2. The number of nitrogens with one attached hydrogen (secondary N) is 1. The lowest BCUT2D eigenvalue weighted by Gasteiger charge is -2.39. The molecule has 1 N–H and O–H groups in total. The van der Waals surface area contributed by atoms with Crippen LogP contribution in [-0.4, -0.2) is 54.2 Å². The highest BCUT2D eigenvalue weighted by Crippen LogP contribution is 2.42. The first-order valence-corrected chi connectivity index (χ1v) is 13.9. The van der Waals surface area contributed by atoms with E-state index in [0.29, 0.717) is 31.8 Å². The molecule has 2 saturated heterocycles. The Labute approximate surface area is 227 Å². The molecule has 2 amide bonds. The highest BCUT2D eigenvalue weighted by Gasteiger charge is 2.44. The van der Waals surface area contributed by atoms with Gasteiger partial charge in [-0.3, -0.25) is 9.59 Å². The molecule has 3 fully saturated rings. The first-order chi connectivity index (χ1) is 18.7. The molecule has 0 aromatic heterocycles. The van der Waals surface area contributed by atoms with Crippen LogP contribution in [0.25, 0.3) is 0 Å². The molecule has 0 bridgehead atoms. The largest absolute Gasteiger partial charge is 0.573 e. The smallest absolute Gasteiger partial charge is 0.406 e. The zero-order chi connectivity index (χ0) is 27.5. The quantitative estimate of drug-likeness (QED) is 0.433. The lowest BCUT2D eigenvalue weighted by atomic mass is 9.77. The first kappa shape index (κ1) is 27.5. The van der Waals surface area contributed by atoms with Crippen molar-refractivity contribution in [2.24, 2.45) is 11.3 Å². The topological polar surface area (TPSA) is 61.9 Å². The molecule has 1 unspecified atom stereocenters. The molecule has 2 heterocycles. The Hall–Kier alpha value is -3.07. The second-order valence-electron chi connectivity index (χ2n) is 11.4. The van der Waals surface area contributed by atoms with Crippen molar-refractivity contribution in [3.8, 4) is 5.75 Å². The third kappa shape index (κ3) is 7.75. The molecule has 1 saturated carbocycles. The fraction of sp³-hybridized carbons (Fsp3) is 0.533. The van der Waals surface area contributed by atoms with Crippen LogP contribution in [0.2, 0.25) is 0 Å². The number of hydrogen-bond donors (Lipinski definition) is 1. The number of likely N-dealkylation sites (tertiary alicyclic amines) is 2. The molecule has 210 valence electrons. The van der Waals surface area contributed by atoms with Gasteiger partial charge in [0.25, 0.3) is 0 Å². The summed E-state index contributed by atoms with van der Waals surface area (Å²) in [5, 5.41) is 3.26. The number of carbonyl (C=O) groups is 2. The number of rotatable bonds is 10.